The number of carboxylic acid groups (broad SMARTS) is 1. The van der Waals surface area contributed by atoms with Crippen LogP contribution in [0.3, 0.4) is 0 Å². The second-order valence-corrected chi connectivity index (χ2v) is 6.05. The van der Waals surface area contributed by atoms with Crippen molar-refractivity contribution >= 4 is 12.1 Å². The van der Waals surface area contributed by atoms with E-state index in [4.69, 9.17) is 9.84 Å². The molecule has 1 amide bonds. The quantitative estimate of drug-likeness (QED) is 0.721. The molecule has 0 aromatic rings. The van der Waals surface area contributed by atoms with Crippen molar-refractivity contribution in [2.45, 2.75) is 44.9 Å². The van der Waals surface area contributed by atoms with Gasteiger partial charge < -0.3 is 19.8 Å². The minimum absolute atomic E-state index is 0.171. The van der Waals surface area contributed by atoms with E-state index in [0.717, 1.165) is 0 Å². The summed E-state index contributed by atoms with van der Waals surface area (Å²) >= 11 is 0. The van der Waals surface area contributed by atoms with Crippen molar-refractivity contribution in [3.05, 3.63) is 0 Å². The molecule has 1 aliphatic heterocycles. The van der Waals surface area contributed by atoms with Gasteiger partial charge in [0.2, 0.25) is 0 Å². The Morgan fingerprint density at radius 3 is 2.39 bits per heavy atom. The van der Waals surface area contributed by atoms with E-state index in [9.17, 15) is 14.7 Å². The summed E-state index contributed by atoms with van der Waals surface area (Å²) in [6, 6.07) is -0.651. The Morgan fingerprint density at radius 1 is 1.33 bits per heavy atom. The SMILES string of the molecule is CC(C)(C)OC(=O)N1C[C@@H]2C[C@@H](O)[C@H]1[C@H]2C(=O)O. The van der Waals surface area contributed by atoms with Gasteiger partial charge in [-0.15, -0.1) is 0 Å². The van der Waals surface area contributed by atoms with Crippen LogP contribution in [-0.2, 0) is 9.53 Å². The zero-order valence-corrected chi connectivity index (χ0v) is 10.8. The maximum absolute atomic E-state index is 12.0. The molecule has 0 aromatic heterocycles. The molecule has 4 atom stereocenters. The lowest BCUT2D eigenvalue weighted by Gasteiger charge is -2.32. The van der Waals surface area contributed by atoms with Crippen LogP contribution >= 0.6 is 0 Å². The van der Waals surface area contributed by atoms with Crippen LogP contribution in [0.4, 0.5) is 4.79 Å². The van der Waals surface area contributed by atoms with Crippen molar-refractivity contribution in [3.63, 3.8) is 0 Å². The highest BCUT2D eigenvalue weighted by molar-refractivity contribution is 5.76. The fraction of sp³-hybridized carbons (Fsp3) is 0.833. The average molecular weight is 257 g/mol. The van der Waals surface area contributed by atoms with Crippen LogP contribution in [0.5, 0.6) is 0 Å². The van der Waals surface area contributed by atoms with E-state index in [1.54, 1.807) is 20.8 Å². The Labute approximate surface area is 106 Å². The molecule has 2 aliphatic rings. The van der Waals surface area contributed by atoms with Crippen LogP contribution in [0.2, 0.25) is 0 Å². The maximum atomic E-state index is 12.0. The number of carbonyl (C=O) groups is 2. The van der Waals surface area contributed by atoms with E-state index >= 15 is 0 Å². The normalized spacial score (nSPS) is 34.8. The van der Waals surface area contributed by atoms with Gasteiger partial charge in [0, 0.05) is 6.54 Å². The number of aliphatic hydroxyl groups excluding tert-OH is 1. The summed E-state index contributed by atoms with van der Waals surface area (Å²) in [6.07, 6.45) is -0.863. The number of amides is 1. The fourth-order valence-electron chi connectivity index (χ4n) is 2.94. The summed E-state index contributed by atoms with van der Waals surface area (Å²) in [5.74, 6) is -1.80. The molecule has 6 heteroatoms. The highest BCUT2D eigenvalue weighted by Crippen LogP contribution is 2.43. The van der Waals surface area contributed by atoms with Gasteiger partial charge in [0.15, 0.2) is 0 Å². The summed E-state index contributed by atoms with van der Waals surface area (Å²) in [4.78, 5) is 24.5. The lowest BCUT2D eigenvalue weighted by molar-refractivity contribution is -0.143. The second-order valence-electron chi connectivity index (χ2n) is 6.05. The molecule has 1 aliphatic carbocycles. The van der Waals surface area contributed by atoms with Gasteiger partial charge in [-0.1, -0.05) is 0 Å². The highest BCUT2D eigenvalue weighted by atomic mass is 16.6. The van der Waals surface area contributed by atoms with Gasteiger partial charge >= 0.3 is 12.1 Å². The third-order valence-electron chi connectivity index (χ3n) is 3.52. The van der Waals surface area contributed by atoms with Crippen LogP contribution in [0, 0.1) is 11.8 Å². The average Bonchev–Trinajstić information content (AvgIpc) is 2.67. The molecule has 2 rings (SSSR count). The number of carboxylic acids is 1. The Bertz CT molecular complexity index is 375. The Balaban J connectivity index is 2.13. The first-order valence-corrected chi connectivity index (χ1v) is 6.11. The molecular formula is C12H19NO5. The molecule has 0 spiro atoms. The zero-order chi connectivity index (χ0) is 13.7. The number of piperidine rings is 1. The van der Waals surface area contributed by atoms with Gasteiger partial charge in [0.05, 0.1) is 18.1 Å². The van der Waals surface area contributed by atoms with Crippen LogP contribution in [-0.4, -0.2) is 51.5 Å². The lowest BCUT2D eigenvalue weighted by Crippen LogP contribution is -2.48. The van der Waals surface area contributed by atoms with Gasteiger partial charge in [-0.25, -0.2) is 4.79 Å². The standard InChI is InChI=1S/C12H19NO5/c1-12(2,3)18-11(17)13-5-6-4-7(14)9(13)8(6)10(15)16/h6-9,14H,4-5H2,1-3H3,(H,15,16)/t6-,7+,8-,9-/m0/s1. The number of rotatable bonds is 1. The smallest absolute Gasteiger partial charge is 0.410 e. The molecule has 0 radical (unpaired) electrons. The zero-order valence-electron chi connectivity index (χ0n) is 10.8. The number of nitrogens with zero attached hydrogens (tertiary/aromatic N) is 1. The van der Waals surface area contributed by atoms with Gasteiger partial charge in [-0.05, 0) is 33.1 Å². The number of likely N-dealkylation sites (tertiary alicyclic amines) is 1. The maximum Gasteiger partial charge on any atom is 0.410 e. The van der Waals surface area contributed by atoms with E-state index < -0.39 is 35.7 Å². The molecule has 0 aromatic carbocycles. The number of aliphatic hydroxyl groups is 1. The molecule has 2 fully saturated rings. The van der Waals surface area contributed by atoms with Crippen molar-refractivity contribution in [3.8, 4) is 0 Å². The molecule has 6 nitrogen and oxygen atoms in total. The molecular weight excluding hydrogens is 238 g/mol. The van der Waals surface area contributed by atoms with Crippen molar-refractivity contribution in [1.29, 1.82) is 0 Å². The van der Waals surface area contributed by atoms with Crippen LogP contribution in [0.1, 0.15) is 27.2 Å². The Morgan fingerprint density at radius 2 is 1.94 bits per heavy atom. The summed E-state index contributed by atoms with van der Waals surface area (Å²) in [7, 11) is 0. The topological polar surface area (TPSA) is 87.1 Å². The monoisotopic (exact) mass is 257 g/mol. The molecule has 1 heterocycles. The largest absolute Gasteiger partial charge is 0.481 e. The first kappa shape index (κ1) is 13.1. The van der Waals surface area contributed by atoms with Crippen LogP contribution < -0.4 is 0 Å². The van der Waals surface area contributed by atoms with E-state index in [0.29, 0.717) is 13.0 Å². The molecule has 2 N–H and O–H groups in total. The molecule has 18 heavy (non-hydrogen) atoms. The van der Waals surface area contributed by atoms with Crippen molar-refractivity contribution < 1.29 is 24.5 Å². The van der Waals surface area contributed by atoms with E-state index in [2.05, 4.69) is 0 Å². The molecule has 1 saturated heterocycles. The van der Waals surface area contributed by atoms with Crippen molar-refractivity contribution in [1.82, 2.24) is 4.90 Å². The van der Waals surface area contributed by atoms with E-state index in [1.807, 2.05) is 0 Å². The van der Waals surface area contributed by atoms with Crippen molar-refractivity contribution in [2.24, 2.45) is 11.8 Å². The molecule has 102 valence electrons. The predicted octanol–water partition coefficient (Wildman–Crippen LogP) is 0.687. The van der Waals surface area contributed by atoms with E-state index in [1.165, 1.54) is 4.90 Å². The second kappa shape index (κ2) is 4.12. The number of hydrogen-bond acceptors (Lipinski definition) is 4. The van der Waals surface area contributed by atoms with Crippen LogP contribution in [0.25, 0.3) is 0 Å². The summed E-state index contributed by atoms with van der Waals surface area (Å²) in [5, 5.41) is 19.0. The summed E-state index contributed by atoms with van der Waals surface area (Å²) < 4.78 is 5.23. The van der Waals surface area contributed by atoms with Crippen LogP contribution in [0.15, 0.2) is 0 Å². The fourth-order valence-corrected chi connectivity index (χ4v) is 2.94. The van der Waals surface area contributed by atoms with E-state index in [-0.39, 0.29) is 5.92 Å². The van der Waals surface area contributed by atoms with Crippen molar-refractivity contribution in [2.75, 3.05) is 6.54 Å². The lowest BCUT2D eigenvalue weighted by atomic mass is 9.99. The molecule has 0 unspecified atom stereocenters. The summed E-state index contributed by atoms with van der Waals surface area (Å²) in [5.41, 5.74) is -0.622. The number of ether oxygens (including phenoxy) is 1. The highest BCUT2D eigenvalue weighted by Gasteiger charge is 2.57. The third-order valence-corrected chi connectivity index (χ3v) is 3.52. The Hall–Kier alpha value is -1.30. The number of carbonyl (C=O) groups excluding carboxylic acids is 1. The molecule has 1 saturated carbocycles. The number of hydrogen-bond donors (Lipinski definition) is 2. The minimum Gasteiger partial charge on any atom is -0.481 e. The minimum atomic E-state index is -0.951. The van der Waals surface area contributed by atoms with Gasteiger partial charge in [-0.3, -0.25) is 4.79 Å². The third kappa shape index (κ3) is 2.16. The summed E-state index contributed by atoms with van der Waals surface area (Å²) in [6.45, 7) is 5.62. The first-order chi connectivity index (χ1) is 8.20. The van der Waals surface area contributed by atoms with Gasteiger partial charge in [0.25, 0.3) is 0 Å². The predicted molar refractivity (Wildman–Crippen MR) is 62.0 cm³/mol. The first-order valence-electron chi connectivity index (χ1n) is 6.11. The number of aliphatic carboxylic acids is 1. The Kier molecular flexibility index (Phi) is 3.01. The molecule has 2 bridgehead atoms. The number of fused-ring (bicyclic) bond motifs is 2. The van der Waals surface area contributed by atoms with Gasteiger partial charge in [-0.2, -0.15) is 0 Å². The van der Waals surface area contributed by atoms with Gasteiger partial charge in [0.1, 0.15) is 5.60 Å².